The van der Waals surface area contributed by atoms with E-state index in [0.29, 0.717) is 23.1 Å². The molecular weight excluding hydrogens is 328 g/mol. The number of esters is 1. The zero-order chi connectivity index (χ0) is 17.7. The summed E-state index contributed by atoms with van der Waals surface area (Å²) in [4.78, 5) is 24.7. The molecule has 2 aromatic rings. The fourth-order valence-corrected chi connectivity index (χ4v) is 2.53. The number of guanidine groups is 1. The second-order valence-electron chi connectivity index (χ2n) is 5.45. The van der Waals surface area contributed by atoms with Crippen LogP contribution in [0.3, 0.4) is 0 Å². The lowest BCUT2D eigenvalue weighted by Crippen LogP contribution is -2.21. The van der Waals surface area contributed by atoms with E-state index in [4.69, 9.17) is 21.9 Å². The van der Waals surface area contributed by atoms with Crippen LogP contribution in [-0.4, -0.2) is 28.5 Å². The maximum Gasteiger partial charge on any atom is 0.356 e. The van der Waals surface area contributed by atoms with Crippen LogP contribution in [0.1, 0.15) is 29.9 Å². The largest absolute Gasteiger partial charge is 0.461 e. The van der Waals surface area contributed by atoms with Crippen LogP contribution < -0.4 is 17.2 Å². The smallest absolute Gasteiger partial charge is 0.356 e. The Morgan fingerprint density at radius 2 is 2.08 bits per heavy atom. The van der Waals surface area contributed by atoms with Crippen molar-refractivity contribution in [2.24, 2.45) is 28.1 Å². The Morgan fingerprint density at radius 1 is 1.33 bits per heavy atom. The van der Waals surface area contributed by atoms with Gasteiger partial charge in [-0.25, -0.2) is 14.8 Å². The molecule has 6 N–H and O–H groups in total. The first-order valence-electron chi connectivity index (χ1n) is 7.33. The van der Waals surface area contributed by atoms with Gasteiger partial charge in [0.1, 0.15) is 11.4 Å². The number of nitrogens with zero attached hydrogens (tertiary/aromatic N) is 3. The van der Waals surface area contributed by atoms with Crippen LogP contribution in [0.5, 0.6) is 0 Å². The maximum absolute atomic E-state index is 12.1. The molecule has 24 heavy (non-hydrogen) atoms. The number of carbonyl (C=O) groups is 1. The van der Waals surface area contributed by atoms with Crippen molar-refractivity contribution in [3.63, 3.8) is 0 Å². The third-order valence-corrected chi connectivity index (χ3v) is 3.65. The molecule has 0 amide bonds. The highest BCUT2D eigenvalue weighted by atomic mass is 32.1. The standard InChI is InChI=1S/C15H20N6O2S/c1-8(2)6-23-13(22)10-4-3-9(5-16)12(19-10)11-7-24-15(20-11)21-14(17)18/h3-4,7-8H,5-6,16H2,1-2H3,(H4,17,18,20,21). The number of hydrogen-bond donors (Lipinski definition) is 3. The predicted octanol–water partition coefficient (Wildman–Crippen LogP) is 1.38. The van der Waals surface area contributed by atoms with Crippen molar-refractivity contribution in [1.82, 2.24) is 9.97 Å². The number of hydrogen-bond acceptors (Lipinski definition) is 7. The Balaban J connectivity index is 2.34. The van der Waals surface area contributed by atoms with Gasteiger partial charge in [0.05, 0.1) is 12.3 Å². The SMILES string of the molecule is CC(C)COC(=O)c1ccc(CN)c(-c2csc(N=C(N)N)n2)n1. The minimum atomic E-state index is -0.479. The van der Waals surface area contributed by atoms with E-state index in [1.54, 1.807) is 17.5 Å². The lowest BCUT2D eigenvalue weighted by molar-refractivity contribution is 0.0452. The van der Waals surface area contributed by atoms with Crippen molar-refractivity contribution < 1.29 is 9.53 Å². The van der Waals surface area contributed by atoms with Gasteiger partial charge in [0, 0.05) is 11.9 Å². The molecule has 8 nitrogen and oxygen atoms in total. The highest BCUT2D eigenvalue weighted by molar-refractivity contribution is 7.13. The van der Waals surface area contributed by atoms with Crippen LogP contribution in [0.4, 0.5) is 5.13 Å². The van der Waals surface area contributed by atoms with Gasteiger partial charge in [0.2, 0.25) is 5.13 Å². The molecule has 0 unspecified atom stereocenters. The van der Waals surface area contributed by atoms with Crippen LogP contribution in [0.25, 0.3) is 11.4 Å². The van der Waals surface area contributed by atoms with Crippen molar-refractivity contribution in [3.8, 4) is 11.4 Å². The summed E-state index contributed by atoms with van der Waals surface area (Å²) in [5.41, 5.74) is 18.5. The van der Waals surface area contributed by atoms with Crippen LogP contribution in [0, 0.1) is 5.92 Å². The van der Waals surface area contributed by atoms with Gasteiger partial charge in [0.15, 0.2) is 5.96 Å². The van der Waals surface area contributed by atoms with E-state index in [9.17, 15) is 4.79 Å². The molecule has 0 fully saturated rings. The Bertz CT molecular complexity index is 752. The van der Waals surface area contributed by atoms with Crippen molar-refractivity contribution in [1.29, 1.82) is 0 Å². The molecule has 9 heteroatoms. The van der Waals surface area contributed by atoms with Crippen LogP contribution >= 0.6 is 11.3 Å². The quantitative estimate of drug-likeness (QED) is 0.406. The molecular formula is C15H20N6O2S. The van der Waals surface area contributed by atoms with Gasteiger partial charge in [-0.1, -0.05) is 19.9 Å². The summed E-state index contributed by atoms with van der Waals surface area (Å²) in [6.07, 6.45) is 0. The third-order valence-electron chi connectivity index (χ3n) is 2.92. The van der Waals surface area contributed by atoms with E-state index in [2.05, 4.69) is 15.0 Å². The van der Waals surface area contributed by atoms with Gasteiger partial charge in [-0.15, -0.1) is 11.3 Å². The second kappa shape index (κ2) is 7.84. The predicted molar refractivity (Wildman–Crippen MR) is 93.8 cm³/mol. The Hall–Kier alpha value is -2.52. The summed E-state index contributed by atoms with van der Waals surface area (Å²) < 4.78 is 5.21. The molecule has 0 saturated heterocycles. The Morgan fingerprint density at radius 3 is 2.71 bits per heavy atom. The third kappa shape index (κ3) is 4.49. The summed E-state index contributed by atoms with van der Waals surface area (Å²) in [6.45, 7) is 4.52. The molecule has 0 aliphatic carbocycles. The van der Waals surface area contributed by atoms with E-state index in [0.717, 1.165) is 5.56 Å². The number of rotatable bonds is 6. The highest BCUT2D eigenvalue weighted by Gasteiger charge is 2.16. The topological polar surface area (TPSA) is 142 Å². The van der Waals surface area contributed by atoms with Crippen molar-refractivity contribution in [2.75, 3.05) is 6.61 Å². The second-order valence-corrected chi connectivity index (χ2v) is 6.29. The molecule has 128 valence electrons. The average molecular weight is 348 g/mol. The fraction of sp³-hybridized carbons (Fsp3) is 0.333. The van der Waals surface area contributed by atoms with Gasteiger partial charge in [-0.3, -0.25) is 0 Å². The summed E-state index contributed by atoms with van der Waals surface area (Å²) >= 11 is 1.26. The van der Waals surface area contributed by atoms with Crippen LogP contribution in [-0.2, 0) is 11.3 Å². The summed E-state index contributed by atoms with van der Waals surface area (Å²) in [6, 6.07) is 3.34. The van der Waals surface area contributed by atoms with Gasteiger partial charge < -0.3 is 21.9 Å². The van der Waals surface area contributed by atoms with E-state index >= 15 is 0 Å². The molecule has 2 heterocycles. The fourth-order valence-electron chi connectivity index (χ4n) is 1.84. The highest BCUT2D eigenvalue weighted by Crippen LogP contribution is 2.28. The first kappa shape index (κ1) is 17.8. The van der Waals surface area contributed by atoms with E-state index in [1.165, 1.54) is 11.3 Å². The Labute approximate surface area is 143 Å². The summed E-state index contributed by atoms with van der Waals surface area (Å²) in [7, 11) is 0. The number of carbonyl (C=O) groups excluding carboxylic acids is 1. The number of thiazole rings is 1. The number of ether oxygens (including phenoxy) is 1. The number of aliphatic imine (C=N–C) groups is 1. The zero-order valence-corrected chi connectivity index (χ0v) is 14.3. The van der Waals surface area contributed by atoms with Gasteiger partial charge in [-0.2, -0.15) is 4.99 Å². The number of nitrogens with two attached hydrogens (primary N) is 3. The normalized spacial score (nSPS) is 10.7. The molecule has 0 aliphatic heterocycles. The van der Waals surface area contributed by atoms with E-state index in [1.807, 2.05) is 13.8 Å². The van der Waals surface area contributed by atoms with Crippen molar-refractivity contribution in [3.05, 3.63) is 28.8 Å². The number of aromatic nitrogens is 2. The molecule has 0 saturated carbocycles. The lowest BCUT2D eigenvalue weighted by atomic mass is 10.1. The minimum Gasteiger partial charge on any atom is -0.461 e. The maximum atomic E-state index is 12.1. The molecule has 0 bridgehead atoms. The van der Waals surface area contributed by atoms with E-state index < -0.39 is 5.97 Å². The first-order chi connectivity index (χ1) is 11.4. The lowest BCUT2D eigenvalue weighted by Gasteiger charge is -2.09. The summed E-state index contributed by atoms with van der Waals surface area (Å²) in [5, 5.41) is 2.16. The average Bonchev–Trinajstić information content (AvgIpc) is 2.99. The van der Waals surface area contributed by atoms with Crippen LogP contribution in [0.2, 0.25) is 0 Å². The summed E-state index contributed by atoms with van der Waals surface area (Å²) in [5.74, 6) is -0.306. The van der Waals surface area contributed by atoms with Crippen molar-refractivity contribution >= 4 is 28.4 Å². The number of pyridine rings is 1. The molecule has 0 radical (unpaired) electrons. The molecule has 2 rings (SSSR count). The van der Waals surface area contributed by atoms with E-state index in [-0.39, 0.29) is 24.1 Å². The van der Waals surface area contributed by atoms with Gasteiger partial charge >= 0.3 is 5.97 Å². The molecule has 0 spiro atoms. The molecule has 0 aromatic carbocycles. The zero-order valence-electron chi connectivity index (χ0n) is 13.5. The molecule has 0 atom stereocenters. The Kier molecular flexibility index (Phi) is 5.83. The van der Waals surface area contributed by atoms with Gasteiger partial charge in [0.25, 0.3) is 0 Å². The monoisotopic (exact) mass is 348 g/mol. The van der Waals surface area contributed by atoms with Crippen LogP contribution in [0.15, 0.2) is 22.5 Å². The first-order valence-corrected chi connectivity index (χ1v) is 8.21. The minimum absolute atomic E-state index is 0.0751. The van der Waals surface area contributed by atoms with Gasteiger partial charge in [-0.05, 0) is 17.5 Å². The van der Waals surface area contributed by atoms with Crippen molar-refractivity contribution in [2.45, 2.75) is 20.4 Å². The molecule has 0 aliphatic rings. The molecule has 2 aromatic heterocycles.